The molecule has 2 heterocycles. The van der Waals surface area contributed by atoms with Crippen LogP contribution < -0.4 is 5.32 Å². The molecule has 0 aliphatic rings. The van der Waals surface area contributed by atoms with Crippen molar-refractivity contribution in [1.29, 1.82) is 5.26 Å². The van der Waals surface area contributed by atoms with Gasteiger partial charge in [-0.15, -0.1) is 0 Å². The molecule has 8 heteroatoms. The normalized spacial score (nSPS) is 12.0. The number of benzene rings is 1. The Morgan fingerprint density at radius 1 is 1.07 bits per heavy atom. The third-order valence-electron chi connectivity index (χ3n) is 4.17. The fourth-order valence-corrected chi connectivity index (χ4v) is 2.51. The number of aromatic nitrogens is 2. The summed E-state index contributed by atoms with van der Waals surface area (Å²) in [5.74, 6) is -0.309. The van der Waals surface area contributed by atoms with E-state index in [0.29, 0.717) is 5.56 Å². The molecule has 5 nitrogen and oxygen atoms in total. The number of carbonyl (C=O) groups is 1. The number of nitrogens with one attached hydrogen (secondary N) is 1. The van der Waals surface area contributed by atoms with E-state index >= 15 is 0 Å². The van der Waals surface area contributed by atoms with Gasteiger partial charge in [0.1, 0.15) is 5.65 Å². The summed E-state index contributed by atoms with van der Waals surface area (Å²) >= 11 is 0. The zero-order chi connectivity index (χ0) is 19.8. The van der Waals surface area contributed by atoms with Crippen molar-refractivity contribution in [2.75, 3.05) is 5.32 Å². The van der Waals surface area contributed by atoms with Crippen molar-refractivity contribution in [3.05, 3.63) is 65.5 Å². The Balaban J connectivity index is 1.81. The minimum atomic E-state index is -4.46. The van der Waals surface area contributed by atoms with Crippen LogP contribution in [0, 0.1) is 11.3 Å². The van der Waals surface area contributed by atoms with Crippen LogP contribution in [0.15, 0.2) is 48.8 Å². The predicted molar refractivity (Wildman–Crippen MR) is 93.2 cm³/mol. The number of nitrogens with zero attached hydrogens (tertiary/aromatic N) is 3. The average molecular weight is 372 g/mol. The first-order chi connectivity index (χ1) is 12.6. The maximum Gasteiger partial charge on any atom is 0.417 e. The number of halogens is 3. The van der Waals surface area contributed by atoms with Gasteiger partial charge in [-0.05, 0) is 43.7 Å². The molecule has 2 aromatic heterocycles. The Bertz CT molecular complexity index is 1040. The average Bonchev–Trinajstić information content (AvgIpc) is 3.02. The van der Waals surface area contributed by atoms with Crippen LogP contribution in [-0.4, -0.2) is 15.3 Å². The SMILES string of the molecule is CC(C)(C#N)c1ccc(C(=O)Nc2cn3cc(C(F)(F)F)ccc3n2)cc1. The van der Waals surface area contributed by atoms with Crippen molar-refractivity contribution in [1.82, 2.24) is 9.38 Å². The van der Waals surface area contributed by atoms with Crippen LogP contribution in [0.25, 0.3) is 5.65 Å². The number of pyridine rings is 1. The van der Waals surface area contributed by atoms with Gasteiger partial charge in [0, 0.05) is 11.8 Å². The van der Waals surface area contributed by atoms with Crippen molar-refractivity contribution in [2.24, 2.45) is 0 Å². The maximum atomic E-state index is 12.8. The Morgan fingerprint density at radius 2 is 1.70 bits per heavy atom. The van der Waals surface area contributed by atoms with Crippen molar-refractivity contribution in [3.8, 4) is 6.07 Å². The second-order valence-electron chi connectivity index (χ2n) is 6.58. The zero-order valence-electron chi connectivity index (χ0n) is 14.5. The van der Waals surface area contributed by atoms with Gasteiger partial charge in [-0.3, -0.25) is 4.79 Å². The van der Waals surface area contributed by atoms with Gasteiger partial charge in [0.25, 0.3) is 5.91 Å². The van der Waals surface area contributed by atoms with Crippen LogP contribution in [-0.2, 0) is 11.6 Å². The molecular weight excluding hydrogens is 357 g/mol. The second kappa shape index (κ2) is 6.43. The molecule has 0 saturated carbocycles. The summed E-state index contributed by atoms with van der Waals surface area (Å²) in [7, 11) is 0. The van der Waals surface area contributed by atoms with Crippen LogP contribution in [0.3, 0.4) is 0 Å². The highest BCUT2D eigenvalue weighted by Gasteiger charge is 2.31. The van der Waals surface area contributed by atoms with E-state index < -0.39 is 23.1 Å². The maximum absolute atomic E-state index is 12.8. The molecule has 0 unspecified atom stereocenters. The molecule has 27 heavy (non-hydrogen) atoms. The largest absolute Gasteiger partial charge is 0.417 e. The summed E-state index contributed by atoms with van der Waals surface area (Å²) in [6.45, 7) is 3.54. The lowest BCUT2D eigenvalue weighted by atomic mass is 9.86. The van der Waals surface area contributed by atoms with Gasteiger partial charge in [0.15, 0.2) is 5.82 Å². The summed E-state index contributed by atoms with van der Waals surface area (Å²) in [6.07, 6.45) is -2.23. The number of hydrogen-bond donors (Lipinski definition) is 1. The minimum absolute atomic E-state index is 0.140. The number of fused-ring (bicyclic) bond motifs is 1. The molecule has 0 radical (unpaired) electrons. The molecule has 0 fully saturated rings. The Kier molecular flexibility index (Phi) is 4.39. The van der Waals surface area contributed by atoms with E-state index in [2.05, 4.69) is 16.4 Å². The van der Waals surface area contributed by atoms with E-state index in [-0.39, 0.29) is 11.5 Å². The van der Waals surface area contributed by atoms with E-state index in [4.69, 9.17) is 5.26 Å². The molecule has 0 bridgehead atoms. The van der Waals surface area contributed by atoms with Crippen LogP contribution in [0.1, 0.15) is 35.3 Å². The first kappa shape index (κ1) is 18.5. The lowest BCUT2D eigenvalue weighted by Crippen LogP contribution is -2.15. The summed E-state index contributed by atoms with van der Waals surface area (Å²) in [6, 6.07) is 10.9. The minimum Gasteiger partial charge on any atom is -0.305 e. The Labute approximate surface area is 153 Å². The molecule has 0 aliphatic carbocycles. The van der Waals surface area contributed by atoms with Crippen LogP contribution in [0.4, 0.5) is 19.0 Å². The van der Waals surface area contributed by atoms with Gasteiger partial charge in [-0.1, -0.05) is 12.1 Å². The fourth-order valence-electron chi connectivity index (χ4n) is 2.51. The Morgan fingerprint density at radius 3 is 2.30 bits per heavy atom. The number of amides is 1. The third kappa shape index (κ3) is 3.77. The summed E-state index contributed by atoms with van der Waals surface area (Å²) in [5.41, 5.74) is -0.0767. The van der Waals surface area contributed by atoms with E-state index in [1.54, 1.807) is 38.1 Å². The number of nitriles is 1. The molecular formula is C19H15F3N4O. The molecule has 3 aromatic rings. The first-order valence-corrected chi connectivity index (χ1v) is 7.99. The molecule has 1 amide bonds. The molecule has 0 spiro atoms. The number of anilines is 1. The summed E-state index contributed by atoms with van der Waals surface area (Å²) < 4.78 is 39.5. The number of alkyl halides is 3. The molecule has 1 N–H and O–H groups in total. The topological polar surface area (TPSA) is 70.2 Å². The monoisotopic (exact) mass is 372 g/mol. The smallest absolute Gasteiger partial charge is 0.305 e. The second-order valence-corrected chi connectivity index (χ2v) is 6.58. The van der Waals surface area contributed by atoms with Crippen LogP contribution >= 0.6 is 0 Å². The number of carbonyl (C=O) groups excluding carboxylic acids is 1. The van der Waals surface area contributed by atoms with Gasteiger partial charge in [0.05, 0.1) is 23.2 Å². The van der Waals surface area contributed by atoms with Gasteiger partial charge in [-0.2, -0.15) is 18.4 Å². The molecule has 3 rings (SSSR count). The van der Waals surface area contributed by atoms with Crippen molar-refractivity contribution in [2.45, 2.75) is 25.4 Å². The zero-order valence-corrected chi connectivity index (χ0v) is 14.5. The fraction of sp³-hybridized carbons (Fsp3) is 0.211. The molecule has 138 valence electrons. The van der Waals surface area contributed by atoms with Gasteiger partial charge >= 0.3 is 6.18 Å². The quantitative estimate of drug-likeness (QED) is 0.740. The number of hydrogen-bond acceptors (Lipinski definition) is 3. The van der Waals surface area contributed by atoms with Crippen molar-refractivity contribution >= 4 is 17.4 Å². The van der Waals surface area contributed by atoms with Gasteiger partial charge < -0.3 is 9.72 Å². The van der Waals surface area contributed by atoms with Crippen LogP contribution in [0.5, 0.6) is 0 Å². The van der Waals surface area contributed by atoms with Gasteiger partial charge in [0.2, 0.25) is 0 Å². The van der Waals surface area contributed by atoms with E-state index in [1.165, 1.54) is 16.7 Å². The standard InChI is InChI=1S/C19H15F3N4O/c1-18(2,11-23)13-5-3-12(4-6-13)17(27)25-15-10-26-9-14(19(20,21)22)7-8-16(26)24-15/h3-10H,1-2H3,(H,25,27). The highest BCUT2D eigenvalue weighted by atomic mass is 19.4. The number of rotatable bonds is 3. The molecule has 0 atom stereocenters. The predicted octanol–water partition coefficient (Wildman–Crippen LogP) is 4.41. The first-order valence-electron chi connectivity index (χ1n) is 7.99. The van der Waals surface area contributed by atoms with Gasteiger partial charge in [-0.25, -0.2) is 4.98 Å². The van der Waals surface area contributed by atoms with Crippen molar-refractivity contribution in [3.63, 3.8) is 0 Å². The van der Waals surface area contributed by atoms with E-state index in [1.807, 2.05) is 0 Å². The highest BCUT2D eigenvalue weighted by molar-refractivity contribution is 6.03. The highest BCUT2D eigenvalue weighted by Crippen LogP contribution is 2.29. The number of imidazole rings is 1. The lowest BCUT2D eigenvalue weighted by Gasteiger charge is -2.15. The lowest BCUT2D eigenvalue weighted by molar-refractivity contribution is -0.137. The summed E-state index contributed by atoms with van der Waals surface area (Å²) in [4.78, 5) is 16.4. The Hall–Kier alpha value is -3.34. The molecule has 0 aliphatic heterocycles. The molecule has 0 saturated heterocycles. The van der Waals surface area contributed by atoms with Crippen LogP contribution in [0.2, 0.25) is 0 Å². The molecule has 1 aromatic carbocycles. The van der Waals surface area contributed by atoms with Crippen molar-refractivity contribution < 1.29 is 18.0 Å². The van der Waals surface area contributed by atoms with E-state index in [0.717, 1.165) is 17.8 Å². The third-order valence-corrected chi connectivity index (χ3v) is 4.17. The summed E-state index contributed by atoms with van der Waals surface area (Å²) in [5, 5.41) is 11.7. The van der Waals surface area contributed by atoms with E-state index in [9.17, 15) is 18.0 Å².